The van der Waals surface area contributed by atoms with Crippen LogP contribution in [0.3, 0.4) is 0 Å². The SMILES string of the molecule is COc1ccc(NC(=O)c2ncccn2)c(OC)c1. The number of rotatable bonds is 4. The van der Waals surface area contributed by atoms with Crippen LogP contribution in [0.4, 0.5) is 5.69 Å². The molecule has 0 fully saturated rings. The van der Waals surface area contributed by atoms with Crippen molar-refractivity contribution >= 4 is 11.6 Å². The molecule has 0 saturated heterocycles. The zero-order chi connectivity index (χ0) is 13.7. The van der Waals surface area contributed by atoms with Crippen molar-refractivity contribution in [2.75, 3.05) is 19.5 Å². The van der Waals surface area contributed by atoms with Crippen molar-refractivity contribution in [2.45, 2.75) is 0 Å². The van der Waals surface area contributed by atoms with E-state index in [0.29, 0.717) is 17.2 Å². The van der Waals surface area contributed by atoms with Crippen molar-refractivity contribution in [1.29, 1.82) is 0 Å². The molecule has 2 aromatic rings. The van der Waals surface area contributed by atoms with Crippen LogP contribution in [0.1, 0.15) is 10.6 Å². The Balaban J connectivity index is 2.21. The summed E-state index contributed by atoms with van der Waals surface area (Å²) in [5.41, 5.74) is 0.528. The average molecular weight is 259 g/mol. The van der Waals surface area contributed by atoms with E-state index in [4.69, 9.17) is 9.47 Å². The summed E-state index contributed by atoms with van der Waals surface area (Å²) in [6, 6.07) is 6.74. The molecule has 0 radical (unpaired) electrons. The van der Waals surface area contributed by atoms with Crippen molar-refractivity contribution < 1.29 is 14.3 Å². The Morgan fingerprint density at radius 1 is 1.16 bits per heavy atom. The predicted octanol–water partition coefficient (Wildman–Crippen LogP) is 1.75. The van der Waals surface area contributed by atoms with Crippen LogP contribution in [-0.4, -0.2) is 30.1 Å². The topological polar surface area (TPSA) is 73.3 Å². The molecule has 0 bridgehead atoms. The number of ether oxygens (including phenoxy) is 2. The number of benzene rings is 1. The number of anilines is 1. The highest BCUT2D eigenvalue weighted by molar-refractivity contribution is 6.02. The Morgan fingerprint density at radius 3 is 2.53 bits per heavy atom. The van der Waals surface area contributed by atoms with E-state index >= 15 is 0 Å². The molecule has 0 aliphatic heterocycles. The van der Waals surface area contributed by atoms with E-state index in [1.165, 1.54) is 19.5 Å². The lowest BCUT2D eigenvalue weighted by Crippen LogP contribution is -2.15. The van der Waals surface area contributed by atoms with Crippen LogP contribution >= 0.6 is 0 Å². The second-order valence-electron chi connectivity index (χ2n) is 3.59. The summed E-state index contributed by atoms with van der Waals surface area (Å²) in [6.45, 7) is 0. The van der Waals surface area contributed by atoms with Gasteiger partial charge in [0, 0.05) is 18.5 Å². The lowest BCUT2D eigenvalue weighted by molar-refractivity contribution is 0.101. The molecule has 0 spiro atoms. The van der Waals surface area contributed by atoms with Gasteiger partial charge in [0.2, 0.25) is 5.82 Å². The van der Waals surface area contributed by atoms with E-state index in [9.17, 15) is 4.79 Å². The van der Waals surface area contributed by atoms with Crippen LogP contribution < -0.4 is 14.8 Å². The minimum Gasteiger partial charge on any atom is -0.497 e. The number of methoxy groups -OCH3 is 2. The van der Waals surface area contributed by atoms with Crippen molar-refractivity contribution in [3.63, 3.8) is 0 Å². The number of aromatic nitrogens is 2. The summed E-state index contributed by atoms with van der Waals surface area (Å²) in [7, 11) is 3.08. The molecular formula is C13H13N3O3. The summed E-state index contributed by atoms with van der Waals surface area (Å²) in [4.78, 5) is 19.7. The molecule has 6 heteroatoms. The third kappa shape index (κ3) is 2.98. The lowest BCUT2D eigenvalue weighted by atomic mass is 10.2. The Bertz CT molecular complexity index is 573. The highest BCUT2D eigenvalue weighted by atomic mass is 16.5. The molecule has 2 rings (SSSR count). The molecule has 0 aliphatic rings. The van der Waals surface area contributed by atoms with Crippen LogP contribution in [0.15, 0.2) is 36.7 Å². The maximum Gasteiger partial charge on any atom is 0.293 e. The molecule has 1 amide bonds. The van der Waals surface area contributed by atoms with E-state index in [-0.39, 0.29) is 5.82 Å². The molecule has 0 aliphatic carbocycles. The largest absolute Gasteiger partial charge is 0.497 e. The van der Waals surface area contributed by atoms with Gasteiger partial charge in [0.25, 0.3) is 5.91 Å². The zero-order valence-electron chi connectivity index (χ0n) is 10.6. The predicted molar refractivity (Wildman–Crippen MR) is 69.5 cm³/mol. The molecule has 0 atom stereocenters. The average Bonchev–Trinajstić information content (AvgIpc) is 2.48. The first-order chi connectivity index (χ1) is 9.24. The summed E-state index contributed by atoms with van der Waals surface area (Å²) in [5.74, 6) is 0.846. The van der Waals surface area contributed by atoms with Gasteiger partial charge in [-0.2, -0.15) is 0 Å². The van der Waals surface area contributed by atoms with Crippen LogP contribution in [0.25, 0.3) is 0 Å². The lowest BCUT2D eigenvalue weighted by Gasteiger charge is -2.10. The first-order valence-electron chi connectivity index (χ1n) is 5.55. The number of carbonyl (C=O) groups excluding carboxylic acids is 1. The second-order valence-corrected chi connectivity index (χ2v) is 3.59. The maximum atomic E-state index is 11.9. The van der Waals surface area contributed by atoms with Gasteiger partial charge in [-0.15, -0.1) is 0 Å². The number of nitrogens with zero attached hydrogens (tertiary/aromatic N) is 2. The van der Waals surface area contributed by atoms with Gasteiger partial charge in [0.1, 0.15) is 11.5 Å². The van der Waals surface area contributed by atoms with Crippen molar-refractivity contribution in [2.24, 2.45) is 0 Å². The Kier molecular flexibility index (Phi) is 3.92. The molecule has 1 aromatic heterocycles. The minimum absolute atomic E-state index is 0.0976. The molecule has 1 heterocycles. The fraction of sp³-hybridized carbons (Fsp3) is 0.154. The molecule has 0 unspecified atom stereocenters. The van der Waals surface area contributed by atoms with Gasteiger partial charge in [-0.3, -0.25) is 4.79 Å². The second kappa shape index (κ2) is 5.81. The summed E-state index contributed by atoms with van der Waals surface area (Å²) in [5, 5.41) is 2.68. The van der Waals surface area contributed by atoms with E-state index in [2.05, 4.69) is 15.3 Å². The van der Waals surface area contributed by atoms with Crippen LogP contribution in [0.2, 0.25) is 0 Å². The Hall–Kier alpha value is -2.63. The third-order valence-corrected chi connectivity index (χ3v) is 2.43. The van der Waals surface area contributed by atoms with Crippen molar-refractivity contribution in [1.82, 2.24) is 9.97 Å². The summed E-state index contributed by atoms with van der Waals surface area (Å²) >= 11 is 0. The van der Waals surface area contributed by atoms with Gasteiger partial charge in [-0.1, -0.05) is 0 Å². The molecule has 98 valence electrons. The highest BCUT2D eigenvalue weighted by Crippen LogP contribution is 2.29. The molecule has 6 nitrogen and oxygen atoms in total. The summed E-state index contributed by atoms with van der Waals surface area (Å²) < 4.78 is 10.3. The van der Waals surface area contributed by atoms with E-state index in [1.807, 2.05) is 0 Å². The van der Waals surface area contributed by atoms with Crippen LogP contribution in [0.5, 0.6) is 11.5 Å². The monoisotopic (exact) mass is 259 g/mol. The maximum absolute atomic E-state index is 11.9. The van der Waals surface area contributed by atoms with Crippen LogP contribution in [0, 0.1) is 0 Å². The van der Waals surface area contributed by atoms with E-state index in [0.717, 1.165) is 0 Å². The fourth-order valence-electron chi connectivity index (χ4n) is 1.50. The minimum atomic E-state index is -0.399. The first-order valence-corrected chi connectivity index (χ1v) is 5.55. The quantitative estimate of drug-likeness (QED) is 0.905. The summed E-state index contributed by atoms with van der Waals surface area (Å²) in [6.07, 6.45) is 3.01. The number of amides is 1. The fourth-order valence-corrected chi connectivity index (χ4v) is 1.50. The zero-order valence-corrected chi connectivity index (χ0v) is 10.6. The van der Waals surface area contributed by atoms with Gasteiger partial charge in [0.15, 0.2) is 0 Å². The van der Waals surface area contributed by atoms with Gasteiger partial charge in [0.05, 0.1) is 19.9 Å². The van der Waals surface area contributed by atoms with Gasteiger partial charge in [-0.05, 0) is 18.2 Å². The van der Waals surface area contributed by atoms with Gasteiger partial charge >= 0.3 is 0 Å². The van der Waals surface area contributed by atoms with E-state index < -0.39 is 5.91 Å². The molecule has 1 N–H and O–H groups in total. The van der Waals surface area contributed by atoms with Gasteiger partial charge in [-0.25, -0.2) is 9.97 Å². The molecule has 0 saturated carbocycles. The first kappa shape index (κ1) is 12.8. The van der Waals surface area contributed by atoms with Crippen LogP contribution in [-0.2, 0) is 0 Å². The number of hydrogen-bond donors (Lipinski definition) is 1. The van der Waals surface area contributed by atoms with Crippen molar-refractivity contribution in [3.05, 3.63) is 42.5 Å². The van der Waals surface area contributed by atoms with E-state index in [1.54, 1.807) is 31.4 Å². The number of nitrogens with one attached hydrogen (secondary N) is 1. The Morgan fingerprint density at radius 2 is 1.89 bits per heavy atom. The third-order valence-electron chi connectivity index (χ3n) is 2.43. The number of carbonyl (C=O) groups is 1. The smallest absolute Gasteiger partial charge is 0.293 e. The molecule has 19 heavy (non-hydrogen) atoms. The normalized spacial score (nSPS) is 9.79. The highest BCUT2D eigenvalue weighted by Gasteiger charge is 2.12. The Labute approximate surface area is 110 Å². The number of hydrogen-bond acceptors (Lipinski definition) is 5. The van der Waals surface area contributed by atoms with Crippen molar-refractivity contribution in [3.8, 4) is 11.5 Å². The molecule has 1 aromatic carbocycles. The standard InChI is InChI=1S/C13H13N3O3/c1-18-9-4-5-10(11(8-9)19-2)16-13(17)12-14-6-3-7-15-12/h3-8H,1-2H3,(H,16,17). The molecular weight excluding hydrogens is 246 g/mol. The van der Waals surface area contributed by atoms with Gasteiger partial charge < -0.3 is 14.8 Å².